The van der Waals surface area contributed by atoms with E-state index >= 15 is 0 Å². The number of hydrogen-bond donors (Lipinski definition) is 2. The molecule has 2 N–H and O–H groups in total. The molecule has 6 heteroatoms. The van der Waals surface area contributed by atoms with Gasteiger partial charge in [-0.05, 0) is 30.2 Å². The first-order chi connectivity index (χ1) is 13.7. The first-order valence-electron chi connectivity index (χ1n) is 9.16. The van der Waals surface area contributed by atoms with Gasteiger partial charge in [-0.25, -0.2) is 9.97 Å². The predicted molar refractivity (Wildman–Crippen MR) is 111 cm³/mol. The van der Waals surface area contributed by atoms with Crippen LogP contribution in [0.4, 0.5) is 11.5 Å². The zero-order chi connectivity index (χ0) is 19.3. The lowest BCUT2D eigenvalue weighted by Gasteiger charge is -2.18. The number of benzene rings is 2. The van der Waals surface area contributed by atoms with Gasteiger partial charge in [0.05, 0.1) is 0 Å². The first-order valence-corrected chi connectivity index (χ1v) is 9.16. The lowest BCUT2D eigenvalue weighted by atomic mass is 10.1. The van der Waals surface area contributed by atoms with Crippen LogP contribution in [0.25, 0.3) is 10.9 Å². The quantitative estimate of drug-likeness (QED) is 0.542. The highest BCUT2D eigenvalue weighted by molar-refractivity contribution is 5.93. The fourth-order valence-electron chi connectivity index (χ4n) is 3.18. The van der Waals surface area contributed by atoms with Crippen molar-refractivity contribution in [3.8, 4) is 0 Å². The summed E-state index contributed by atoms with van der Waals surface area (Å²) in [7, 11) is 1.91. The van der Waals surface area contributed by atoms with Gasteiger partial charge in [0, 0.05) is 42.4 Å². The normalized spacial score (nSPS) is 10.8. The molecule has 0 atom stereocenters. The largest absolute Gasteiger partial charge is 0.361 e. The maximum atomic E-state index is 12.5. The minimum absolute atomic E-state index is 0.204. The molecule has 2 aromatic carbocycles. The van der Waals surface area contributed by atoms with E-state index in [1.165, 1.54) is 17.3 Å². The summed E-state index contributed by atoms with van der Waals surface area (Å²) in [6.07, 6.45) is 4.16. The Balaban J connectivity index is 1.41. The zero-order valence-corrected chi connectivity index (χ0v) is 15.6. The molecule has 0 spiro atoms. The number of carbonyl (C=O) groups is 1. The fourth-order valence-corrected chi connectivity index (χ4v) is 3.18. The van der Waals surface area contributed by atoms with E-state index in [2.05, 4.69) is 26.3 Å². The van der Waals surface area contributed by atoms with Crippen molar-refractivity contribution < 1.29 is 4.79 Å². The van der Waals surface area contributed by atoms with Crippen LogP contribution in [0, 0.1) is 0 Å². The second kappa shape index (κ2) is 7.92. The summed E-state index contributed by atoms with van der Waals surface area (Å²) in [5.41, 5.74) is 3.63. The van der Waals surface area contributed by atoms with Crippen LogP contribution in [0.2, 0.25) is 0 Å². The number of fused-ring (bicyclic) bond motifs is 1. The predicted octanol–water partition coefficient (Wildman–Crippen LogP) is 3.70. The molecule has 4 rings (SSSR count). The van der Waals surface area contributed by atoms with Crippen LogP contribution in [0.5, 0.6) is 0 Å². The van der Waals surface area contributed by atoms with Gasteiger partial charge >= 0.3 is 0 Å². The van der Waals surface area contributed by atoms with E-state index in [9.17, 15) is 4.79 Å². The third-order valence-corrected chi connectivity index (χ3v) is 4.73. The average molecular weight is 371 g/mol. The molecule has 0 fully saturated rings. The highest BCUT2D eigenvalue weighted by atomic mass is 16.1. The lowest BCUT2D eigenvalue weighted by molar-refractivity contribution is 0.0949. The highest BCUT2D eigenvalue weighted by Gasteiger charge is 2.12. The molecule has 0 bridgehead atoms. The van der Waals surface area contributed by atoms with Crippen LogP contribution < -0.4 is 10.2 Å². The van der Waals surface area contributed by atoms with E-state index in [4.69, 9.17) is 0 Å². The molecule has 140 valence electrons. The van der Waals surface area contributed by atoms with Crippen LogP contribution in [-0.4, -0.2) is 34.5 Å². The van der Waals surface area contributed by atoms with Gasteiger partial charge in [0.1, 0.15) is 17.8 Å². The van der Waals surface area contributed by atoms with Crippen molar-refractivity contribution in [1.82, 2.24) is 20.3 Å². The second-order valence-corrected chi connectivity index (χ2v) is 6.52. The van der Waals surface area contributed by atoms with Gasteiger partial charge in [-0.1, -0.05) is 36.4 Å². The van der Waals surface area contributed by atoms with Crippen LogP contribution in [0.15, 0.2) is 73.2 Å². The summed E-state index contributed by atoms with van der Waals surface area (Å²) < 4.78 is 0. The highest BCUT2D eigenvalue weighted by Crippen LogP contribution is 2.21. The molecule has 1 amide bonds. The Morgan fingerprint density at radius 3 is 2.71 bits per heavy atom. The van der Waals surface area contributed by atoms with Crippen molar-refractivity contribution in [2.75, 3.05) is 18.5 Å². The maximum Gasteiger partial charge on any atom is 0.270 e. The zero-order valence-electron chi connectivity index (χ0n) is 15.6. The summed E-state index contributed by atoms with van der Waals surface area (Å²) in [6, 6.07) is 19.7. The number of anilines is 2. The molecule has 4 aromatic rings. The number of aromatic amines is 1. The molecular weight excluding hydrogens is 350 g/mol. The summed E-state index contributed by atoms with van der Waals surface area (Å²) in [5, 5.41) is 4.13. The molecular formula is C22H21N5O. The van der Waals surface area contributed by atoms with E-state index in [-0.39, 0.29) is 5.91 Å². The SMILES string of the molecule is CN(c1ccccc1)c1cc(C(=O)NCCc2c[nH]c3ccccc23)ncn1. The van der Waals surface area contributed by atoms with Crippen molar-refractivity contribution in [2.45, 2.75) is 6.42 Å². The number of rotatable bonds is 6. The molecule has 0 aliphatic carbocycles. The van der Waals surface area contributed by atoms with E-state index < -0.39 is 0 Å². The average Bonchev–Trinajstić information content (AvgIpc) is 3.17. The summed E-state index contributed by atoms with van der Waals surface area (Å²) >= 11 is 0. The number of para-hydroxylation sites is 2. The van der Waals surface area contributed by atoms with E-state index in [0.29, 0.717) is 18.1 Å². The Morgan fingerprint density at radius 2 is 1.86 bits per heavy atom. The van der Waals surface area contributed by atoms with Crippen molar-refractivity contribution in [2.24, 2.45) is 0 Å². The van der Waals surface area contributed by atoms with Crippen molar-refractivity contribution in [3.05, 3.63) is 84.4 Å². The van der Waals surface area contributed by atoms with Gasteiger partial charge < -0.3 is 15.2 Å². The van der Waals surface area contributed by atoms with Gasteiger partial charge in [0.2, 0.25) is 0 Å². The Kier molecular flexibility index (Phi) is 5.01. The molecule has 0 saturated heterocycles. The topological polar surface area (TPSA) is 73.9 Å². The number of nitrogens with one attached hydrogen (secondary N) is 2. The molecule has 0 radical (unpaired) electrons. The van der Waals surface area contributed by atoms with Crippen LogP contribution in [0.3, 0.4) is 0 Å². The number of carbonyl (C=O) groups excluding carboxylic acids is 1. The molecule has 2 aromatic heterocycles. The van der Waals surface area contributed by atoms with Crippen molar-refractivity contribution in [3.63, 3.8) is 0 Å². The van der Waals surface area contributed by atoms with E-state index in [0.717, 1.165) is 17.6 Å². The third kappa shape index (κ3) is 3.71. The number of H-pyrrole nitrogens is 1. The Bertz CT molecular complexity index is 1090. The van der Waals surface area contributed by atoms with E-state index in [1.807, 2.05) is 66.7 Å². The number of aromatic nitrogens is 3. The van der Waals surface area contributed by atoms with Crippen LogP contribution in [-0.2, 0) is 6.42 Å². The summed E-state index contributed by atoms with van der Waals surface area (Å²) in [6.45, 7) is 0.536. The third-order valence-electron chi connectivity index (χ3n) is 4.73. The number of nitrogens with zero attached hydrogens (tertiary/aromatic N) is 3. The van der Waals surface area contributed by atoms with Gasteiger partial charge in [0.15, 0.2) is 0 Å². The van der Waals surface area contributed by atoms with Crippen LogP contribution in [0.1, 0.15) is 16.1 Å². The Hall–Kier alpha value is -3.67. The van der Waals surface area contributed by atoms with Gasteiger partial charge in [-0.15, -0.1) is 0 Å². The summed E-state index contributed by atoms with van der Waals surface area (Å²) in [5.74, 6) is 0.466. The number of hydrogen-bond acceptors (Lipinski definition) is 4. The molecule has 0 unspecified atom stereocenters. The minimum Gasteiger partial charge on any atom is -0.361 e. The fraction of sp³-hybridized carbons (Fsp3) is 0.136. The van der Waals surface area contributed by atoms with Gasteiger partial charge in [-0.2, -0.15) is 0 Å². The molecule has 0 aliphatic rings. The van der Waals surface area contributed by atoms with Gasteiger partial charge in [-0.3, -0.25) is 4.79 Å². The first kappa shape index (κ1) is 17.7. The second-order valence-electron chi connectivity index (χ2n) is 6.52. The summed E-state index contributed by atoms with van der Waals surface area (Å²) in [4.78, 5) is 26.1. The van der Waals surface area contributed by atoms with Crippen molar-refractivity contribution in [1.29, 1.82) is 0 Å². The van der Waals surface area contributed by atoms with Crippen LogP contribution >= 0.6 is 0 Å². The number of amides is 1. The molecule has 2 heterocycles. The molecule has 0 saturated carbocycles. The van der Waals surface area contributed by atoms with E-state index in [1.54, 1.807) is 6.07 Å². The van der Waals surface area contributed by atoms with Gasteiger partial charge in [0.25, 0.3) is 5.91 Å². The minimum atomic E-state index is -0.204. The maximum absolute atomic E-state index is 12.5. The molecule has 0 aliphatic heterocycles. The Labute approximate surface area is 163 Å². The standard InChI is InChI=1S/C22H21N5O/c1-27(17-7-3-2-4-8-17)21-13-20(25-15-26-21)22(28)23-12-11-16-14-24-19-10-6-5-9-18(16)19/h2-10,13-15,24H,11-12H2,1H3,(H,23,28). The molecule has 6 nitrogen and oxygen atoms in total. The molecule has 28 heavy (non-hydrogen) atoms. The monoisotopic (exact) mass is 371 g/mol. The van der Waals surface area contributed by atoms with Crippen molar-refractivity contribution >= 4 is 28.3 Å². The smallest absolute Gasteiger partial charge is 0.270 e. The lowest BCUT2D eigenvalue weighted by Crippen LogP contribution is -2.27. The Morgan fingerprint density at radius 1 is 1.07 bits per heavy atom.